The largest absolute Gasteiger partial charge is 0.369 e. The molecule has 2 amide bonds. The molecule has 1 fully saturated rings. The van der Waals surface area contributed by atoms with Crippen LogP contribution in [0.1, 0.15) is 31.4 Å². The van der Waals surface area contributed by atoms with Crippen LogP contribution in [-0.4, -0.2) is 36.3 Å². The average molecular weight is 368 g/mol. The fraction of sp³-hybridized carbons (Fsp3) is 0.500. The summed E-state index contributed by atoms with van der Waals surface area (Å²) in [4.78, 5) is 25.4. The van der Waals surface area contributed by atoms with Crippen LogP contribution in [0.25, 0.3) is 0 Å². The summed E-state index contributed by atoms with van der Waals surface area (Å²) in [6, 6.07) is 7.84. The Morgan fingerprint density at radius 1 is 1.41 bits per heavy atom. The lowest BCUT2D eigenvalue weighted by atomic mass is 9.97. The van der Waals surface area contributed by atoms with Crippen molar-refractivity contribution in [3.8, 4) is 0 Å². The average Bonchev–Trinajstić information content (AvgIpc) is 2.47. The molecule has 0 aliphatic carbocycles. The van der Waals surface area contributed by atoms with Crippen molar-refractivity contribution in [3.63, 3.8) is 0 Å². The van der Waals surface area contributed by atoms with Crippen LogP contribution in [0, 0.1) is 5.92 Å². The molecule has 1 heterocycles. The number of carbonyl (C=O) groups excluding carboxylic acids is 2. The first-order valence-corrected chi connectivity index (χ1v) is 8.31. The second kappa shape index (κ2) is 7.74. The van der Waals surface area contributed by atoms with Crippen molar-refractivity contribution in [2.45, 2.75) is 25.8 Å². The highest BCUT2D eigenvalue weighted by Crippen LogP contribution is 2.18. The molecule has 22 heavy (non-hydrogen) atoms. The van der Waals surface area contributed by atoms with Gasteiger partial charge in [0.2, 0.25) is 11.8 Å². The SMILES string of the molecule is C[C@H](NC(=O)CN1CCC[C@H](C(N)=O)C1)c1ccc(Br)cc1. The summed E-state index contributed by atoms with van der Waals surface area (Å²) < 4.78 is 1.01. The number of hydrogen-bond donors (Lipinski definition) is 2. The van der Waals surface area contributed by atoms with E-state index in [-0.39, 0.29) is 23.8 Å². The highest BCUT2D eigenvalue weighted by Gasteiger charge is 2.25. The molecule has 0 saturated carbocycles. The number of nitrogens with one attached hydrogen (secondary N) is 1. The van der Waals surface area contributed by atoms with Gasteiger partial charge in [0, 0.05) is 11.0 Å². The Kier molecular flexibility index (Phi) is 5.97. The van der Waals surface area contributed by atoms with Gasteiger partial charge >= 0.3 is 0 Å². The van der Waals surface area contributed by atoms with Gasteiger partial charge in [-0.2, -0.15) is 0 Å². The molecule has 0 spiro atoms. The number of likely N-dealkylation sites (tertiary alicyclic amines) is 1. The number of nitrogens with two attached hydrogens (primary N) is 1. The third-order valence-corrected chi connectivity index (χ3v) is 4.55. The molecule has 120 valence electrons. The number of amides is 2. The van der Waals surface area contributed by atoms with Crippen LogP contribution in [0.5, 0.6) is 0 Å². The maximum Gasteiger partial charge on any atom is 0.234 e. The molecular formula is C16H22BrN3O2. The minimum atomic E-state index is -0.270. The maximum atomic E-state index is 12.2. The van der Waals surface area contributed by atoms with Crippen molar-refractivity contribution in [3.05, 3.63) is 34.3 Å². The zero-order chi connectivity index (χ0) is 16.1. The van der Waals surface area contributed by atoms with Crippen LogP contribution in [0.3, 0.4) is 0 Å². The number of benzene rings is 1. The normalized spacial score (nSPS) is 20.4. The number of carbonyl (C=O) groups is 2. The van der Waals surface area contributed by atoms with Crippen molar-refractivity contribution in [2.75, 3.05) is 19.6 Å². The lowest BCUT2D eigenvalue weighted by Crippen LogP contribution is -2.45. The molecule has 1 aliphatic rings. The van der Waals surface area contributed by atoms with E-state index in [0.29, 0.717) is 13.1 Å². The Morgan fingerprint density at radius 3 is 2.73 bits per heavy atom. The van der Waals surface area contributed by atoms with Crippen LogP contribution in [0.15, 0.2) is 28.7 Å². The number of halogens is 1. The second-order valence-electron chi connectivity index (χ2n) is 5.82. The standard InChI is InChI=1S/C16H22BrN3O2/c1-11(12-4-6-14(17)7-5-12)19-15(21)10-20-8-2-3-13(9-20)16(18)22/h4-7,11,13H,2-3,8-10H2,1H3,(H2,18,22)(H,19,21)/t11-,13-/m0/s1. The van der Waals surface area contributed by atoms with Gasteiger partial charge in [-0.25, -0.2) is 0 Å². The molecule has 5 nitrogen and oxygen atoms in total. The molecule has 0 unspecified atom stereocenters. The topological polar surface area (TPSA) is 75.4 Å². The Morgan fingerprint density at radius 2 is 2.09 bits per heavy atom. The lowest BCUT2D eigenvalue weighted by molar-refractivity contribution is -0.127. The summed E-state index contributed by atoms with van der Waals surface area (Å²) in [7, 11) is 0. The summed E-state index contributed by atoms with van der Waals surface area (Å²) >= 11 is 3.40. The minimum absolute atomic E-state index is 0.0273. The van der Waals surface area contributed by atoms with E-state index >= 15 is 0 Å². The monoisotopic (exact) mass is 367 g/mol. The third-order valence-electron chi connectivity index (χ3n) is 4.02. The van der Waals surface area contributed by atoms with E-state index in [9.17, 15) is 9.59 Å². The molecule has 2 rings (SSSR count). The first-order chi connectivity index (χ1) is 10.5. The van der Waals surface area contributed by atoms with Crippen molar-refractivity contribution in [2.24, 2.45) is 11.7 Å². The molecule has 1 aliphatic heterocycles. The van der Waals surface area contributed by atoms with Gasteiger partial charge in [-0.05, 0) is 44.0 Å². The van der Waals surface area contributed by atoms with Gasteiger partial charge in [-0.3, -0.25) is 14.5 Å². The maximum absolute atomic E-state index is 12.2. The highest BCUT2D eigenvalue weighted by atomic mass is 79.9. The van der Waals surface area contributed by atoms with Crippen molar-refractivity contribution in [1.29, 1.82) is 0 Å². The molecule has 0 radical (unpaired) electrons. The third kappa shape index (κ3) is 4.81. The molecule has 0 aromatic heterocycles. The van der Waals surface area contributed by atoms with Gasteiger partial charge in [-0.15, -0.1) is 0 Å². The Balaban J connectivity index is 1.84. The number of rotatable bonds is 5. The first-order valence-electron chi connectivity index (χ1n) is 7.52. The van der Waals surface area contributed by atoms with Crippen LogP contribution in [0.2, 0.25) is 0 Å². The van der Waals surface area contributed by atoms with E-state index in [1.54, 1.807) is 0 Å². The zero-order valence-electron chi connectivity index (χ0n) is 12.7. The molecule has 3 N–H and O–H groups in total. The lowest BCUT2D eigenvalue weighted by Gasteiger charge is -2.30. The molecular weight excluding hydrogens is 346 g/mol. The molecule has 1 saturated heterocycles. The van der Waals surface area contributed by atoms with E-state index < -0.39 is 0 Å². The molecule has 2 atom stereocenters. The molecule has 0 bridgehead atoms. The summed E-state index contributed by atoms with van der Waals surface area (Å²) in [5, 5.41) is 2.99. The van der Waals surface area contributed by atoms with E-state index in [1.165, 1.54) is 0 Å². The number of nitrogens with zero attached hydrogens (tertiary/aromatic N) is 1. The predicted octanol–water partition coefficient (Wildman–Crippen LogP) is 1.82. The van der Waals surface area contributed by atoms with Gasteiger partial charge in [0.25, 0.3) is 0 Å². The summed E-state index contributed by atoms with van der Waals surface area (Å²) in [5.74, 6) is -0.431. The summed E-state index contributed by atoms with van der Waals surface area (Å²) in [6.45, 7) is 3.69. The predicted molar refractivity (Wildman–Crippen MR) is 89.1 cm³/mol. The second-order valence-corrected chi connectivity index (χ2v) is 6.73. The number of piperidine rings is 1. The van der Waals surface area contributed by atoms with Crippen molar-refractivity contribution in [1.82, 2.24) is 10.2 Å². The number of primary amides is 1. The van der Waals surface area contributed by atoms with Crippen LogP contribution in [-0.2, 0) is 9.59 Å². The van der Waals surface area contributed by atoms with Gasteiger partial charge in [-0.1, -0.05) is 28.1 Å². The van der Waals surface area contributed by atoms with Crippen molar-refractivity contribution < 1.29 is 9.59 Å². The first kappa shape index (κ1) is 17.0. The molecule has 1 aromatic carbocycles. The van der Waals surface area contributed by atoms with E-state index in [2.05, 4.69) is 21.2 Å². The van der Waals surface area contributed by atoms with Gasteiger partial charge < -0.3 is 11.1 Å². The Hall–Kier alpha value is -1.40. The van der Waals surface area contributed by atoms with Crippen LogP contribution in [0.4, 0.5) is 0 Å². The van der Waals surface area contributed by atoms with E-state index in [0.717, 1.165) is 29.4 Å². The van der Waals surface area contributed by atoms with Gasteiger partial charge in [0.1, 0.15) is 0 Å². The number of hydrogen-bond acceptors (Lipinski definition) is 3. The van der Waals surface area contributed by atoms with E-state index in [4.69, 9.17) is 5.73 Å². The van der Waals surface area contributed by atoms with Gasteiger partial charge in [0.15, 0.2) is 0 Å². The minimum Gasteiger partial charge on any atom is -0.369 e. The fourth-order valence-corrected chi connectivity index (χ4v) is 3.02. The highest BCUT2D eigenvalue weighted by molar-refractivity contribution is 9.10. The fourth-order valence-electron chi connectivity index (χ4n) is 2.76. The zero-order valence-corrected chi connectivity index (χ0v) is 14.3. The summed E-state index contributed by atoms with van der Waals surface area (Å²) in [5.41, 5.74) is 6.42. The van der Waals surface area contributed by atoms with Crippen LogP contribution >= 0.6 is 15.9 Å². The Bertz CT molecular complexity index is 533. The molecule has 6 heteroatoms. The smallest absolute Gasteiger partial charge is 0.234 e. The quantitative estimate of drug-likeness (QED) is 0.833. The van der Waals surface area contributed by atoms with Crippen LogP contribution < -0.4 is 11.1 Å². The summed E-state index contributed by atoms with van der Waals surface area (Å²) in [6.07, 6.45) is 1.73. The van der Waals surface area contributed by atoms with Crippen molar-refractivity contribution >= 4 is 27.7 Å². The Labute approximate surface area is 139 Å². The van der Waals surface area contributed by atoms with E-state index in [1.807, 2.05) is 36.1 Å². The van der Waals surface area contributed by atoms with Gasteiger partial charge in [0.05, 0.1) is 18.5 Å². The molecule has 1 aromatic rings.